The topological polar surface area (TPSA) is 24.4 Å². The van der Waals surface area contributed by atoms with Crippen LogP contribution in [0.2, 0.25) is 0 Å². The van der Waals surface area contributed by atoms with Crippen molar-refractivity contribution in [1.29, 1.82) is 0 Å². The van der Waals surface area contributed by atoms with Gasteiger partial charge in [0.2, 0.25) is 0 Å². The minimum absolute atomic E-state index is 0.413. The van der Waals surface area contributed by atoms with E-state index in [2.05, 4.69) is 41.7 Å². The van der Waals surface area contributed by atoms with Crippen LogP contribution >= 0.6 is 0 Å². The van der Waals surface area contributed by atoms with Crippen molar-refractivity contribution >= 4 is 6.21 Å². The molecule has 14 heavy (non-hydrogen) atoms. The van der Waals surface area contributed by atoms with E-state index in [4.69, 9.17) is 0 Å². The van der Waals surface area contributed by atoms with Crippen molar-refractivity contribution in [3.8, 4) is 0 Å². The van der Waals surface area contributed by atoms with Gasteiger partial charge in [-0.15, -0.1) is 0 Å². The highest BCUT2D eigenvalue weighted by atomic mass is 15.3. The van der Waals surface area contributed by atoms with Gasteiger partial charge < -0.3 is 5.43 Å². The van der Waals surface area contributed by atoms with E-state index in [1.54, 1.807) is 0 Å². The van der Waals surface area contributed by atoms with Crippen molar-refractivity contribution in [3.05, 3.63) is 35.4 Å². The molecule has 1 aromatic rings. The van der Waals surface area contributed by atoms with E-state index in [9.17, 15) is 0 Å². The minimum Gasteiger partial charge on any atom is -0.303 e. The first kappa shape index (κ1) is 9.25. The zero-order valence-electron chi connectivity index (χ0n) is 8.53. The molecule has 1 heterocycles. The Labute approximate surface area is 85.0 Å². The molecule has 0 saturated carbocycles. The van der Waals surface area contributed by atoms with Crippen molar-refractivity contribution in [2.24, 2.45) is 5.10 Å². The highest BCUT2D eigenvalue weighted by molar-refractivity contribution is 5.82. The molecule has 1 aliphatic rings. The number of unbranched alkanes of at least 4 members (excludes halogenated alkanes) is 1. The average molecular weight is 188 g/mol. The van der Waals surface area contributed by atoms with Crippen LogP contribution in [0.4, 0.5) is 0 Å². The fourth-order valence-electron chi connectivity index (χ4n) is 1.84. The summed E-state index contributed by atoms with van der Waals surface area (Å²) in [7, 11) is 0. The van der Waals surface area contributed by atoms with Gasteiger partial charge in [-0.1, -0.05) is 44.0 Å². The lowest BCUT2D eigenvalue weighted by Gasteiger charge is -2.22. The lowest BCUT2D eigenvalue weighted by atomic mass is 9.96. The maximum atomic E-state index is 4.18. The standard InChI is InChI=1S/C12H16N2/c1-2-3-8-12-11-7-5-4-6-10(11)9-13-14-12/h4-7,9,12,14H,2-3,8H2,1H3. The fraction of sp³-hybridized carbons (Fsp3) is 0.417. The summed E-state index contributed by atoms with van der Waals surface area (Å²) in [5.74, 6) is 0. The van der Waals surface area contributed by atoms with Gasteiger partial charge in [0, 0.05) is 0 Å². The van der Waals surface area contributed by atoms with Crippen LogP contribution in [0, 0.1) is 0 Å². The van der Waals surface area contributed by atoms with Gasteiger partial charge in [0.25, 0.3) is 0 Å². The molecule has 0 bridgehead atoms. The van der Waals surface area contributed by atoms with E-state index < -0.39 is 0 Å². The van der Waals surface area contributed by atoms with Gasteiger partial charge in [-0.25, -0.2) is 0 Å². The third-order valence-corrected chi connectivity index (χ3v) is 2.65. The molecule has 1 aliphatic heterocycles. The second-order valence-corrected chi connectivity index (χ2v) is 3.71. The second kappa shape index (κ2) is 4.27. The second-order valence-electron chi connectivity index (χ2n) is 3.71. The van der Waals surface area contributed by atoms with Gasteiger partial charge in [0.1, 0.15) is 0 Å². The molecule has 1 N–H and O–H groups in total. The van der Waals surface area contributed by atoms with Gasteiger partial charge in [-0.3, -0.25) is 0 Å². The van der Waals surface area contributed by atoms with Crippen LogP contribution in [0.15, 0.2) is 29.4 Å². The fourth-order valence-corrected chi connectivity index (χ4v) is 1.84. The summed E-state index contributed by atoms with van der Waals surface area (Å²) in [6, 6.07) is 8.88. The Morgan fingerprint density at radius 3 is 3.07 bits per heavy atom. The zero-order valence-corrected chi connectivity index (χ0v) is 8.53. The molecule has 2 heteroatoms. The number of hydrogen-bond donors (Lipinski definition) is 1. The number of hydrazone groups is 1. The first-order valence-corrected chi connectivity index (χ1v) is 5.29. The Morgan fingerprint density at radius 1 is 1.36 bits per heavy atom. The van der Waals surface area contributed by atoms with Crippen LogP contribution in [0.25, 0.3) is 0 Å². The number of nitrogens with zero attached hydrogens (tertiary/aromatic N) is 1. The Bertz CT molecular complexity index is 331. The van der Waals surface area contributed by atoms with Gasteiger partial charge in [-0.05, 0) is 17.5 Å². The van der Waals surface area contributed by atoms with Crippen LogP contribution in [-0.4, -0.2) is 6.21 Å². The summed E-state index contributed by atoms with van der Waals surface area (Å²) in [5.41, 5.74) is 5.82. The van der Waals surface area contributed by atoms with Gasteiger partial charge >= 0.3 is 0 Å². The lowest BCUT2D eigenvalue weighted by molar-refractivity contribution is 0.492. The SMILES string of the molecule is CCCCC1NN=Cc2ccccc21. The van der Waals surface area contributed by atoms with Crippen LogP contribution in [0.3, 0.4) is 0 Å². The Morgan fingerprint density at radius 2 is 2.21 bits per heavy atom. The lowest BCUT2D eigenvalue weighted by Crippen LogP contribution is -2.21. The molecule has 1 atom stereocenters. The Balaban J connectivity index is 2.18. The summed E-state index contributed by atoms with van der Waals surface area (Å²) in [5, 5.41) is 4.18. The molecular weight excluding hydrogens is 172 g/mol. The number of fused-ring (bicyclic) bond motifs is 1. The van der Waals surface area contributed by atoms with Crippen molar-refractivity contribution in [1.82, 2.24) is 5.43 Å². The van der Waals surface area contributed by atoms with Gasteiger partial charge in [0.05, 0.1) is 12.3 Å². The van der Waals surface area contributed by atoms with Crippen LogP contribution in [0.5, 0.6) is 0 Å². The molecule has 0 fully saturated rings. The molecule has 2 rings (SSSR count). The molecule has 1 aromatic carbocycles. The van der Waals surface area contributed by atoms with Crippen molar-refractivity contribution in [2.75, 3.05) is 0 Å². The maximum Gasteiger partial charge on any atom is 0.0695 e. The van der Waals surface area contributed by atoms with Crippen LogP contribution < -0.4 is 5.43 Å². The predicted octanol–water partition coefficient (Wildman–Crippen LogP) is 2.86. The first-order valence-electron chi connectivity index (χ1n) is 5.29. The maximum absolute atomic E-state index is 4.18. The molecular formula is C12H16N2. The van der Waals surface area contributed by atoms with E-state index in [0.717, 1.165) is 0 Å². The van der Waals surface area contributed by atoms with Crippen LogP contribution in [0.1, 0.15) is 43.4 Å². The quantitative estimate of drug-likeness (QED) is 0.775. The van der Waals surface area contributed by atoms with Crippen molar-refractivity contribution in [2.45, 2.75) is 32.2 Å². The molecule has 74 valence electrons. The number of nitrogens with one attached hydrogen (secondary N) is 1. The minimum atomic E-state index is 0.413. The molecule has 0 amide bonds. The highest BCUT2D eigenvalue weighted by Crippen LogP contribution is 2.24. The first-order chi connectivity index (χ1) is 6.92. The smallest absolute Gasteiger partial charge is 0.0695 e. The van der Waals surface area contributed by atoms with Crippen molar-refractivity contribution in [3.63, 3.8) is 0 Å². The molecule has 1 unspecified atom stereocenters. The van der Waals surface area contributed by atoms with E-state index in [1.807, 2.05) is 6.21 Å². The zero-order chi connectivity index (χ0) is 9.80. The average Bonchev–Trinajstić information content (AvgIpc) is 2.26. The van der Waals surface area contributed by atoms with Crippen LogP contribution in [-0.2, 0) is 0 Å². The summed E-state index contributed by atoms with van der Waals surface area (Å²) in [6.07, 6.45) is 5.56. The normalized spacial score (nSPS) is 18.8. The van der Waals surface area contributed by atoms with Gasteiger partial charge in [-0.2, -0.15) is 5.10 Å². The largest absolute Gasteiger partial charge is 0.303 e. The molecule has 0 saturated heterocycles. The molecule has 0 aromatic heterocycles. The highest BCUT2D eigenvalue weighted by Gasteiger charge is 2.15. The Kier molecular flexibility index (Phi) is 2.82. The molecule has 2 nitrogen and oxygen atoms in total. The molecule has 0 radical (unpaired) electrons. The van der Waals surface area contributed by atoms with Gasteiger partial charge in [0.15, 0.2) is 0 Å². The van der Waals surface area contributed by atoms with E-state index in [1.165, 1.54) is 30.4 Å². The van der Waals surface area contributed by atoms with E-state index >= 15 is 0 Å². The third kappa shape index (κ3) is 1.79. The van der Waals surface area contributed by atoms with Crippen molar-refractivity contribution < 1.29 is 0 Å². The molecule has 0 spiro atoms. The number of hydrogen-bond acceptors (Lipinski definition) is 2. The third-order valence-electron chi connectivity index (χ3n) is 2.65. The Hall–Kier alpha value is -1.31. The van der Waals surface area contributed by atoms with E-state index in [-0.39, 0.29) is 0 Å². The number of benzene rings is 1. The molecule has 0 aliphatic carbocycles. The summed E-state index contributed by atoms with van der Waals surface area (Å²) in [4.78, 5) is 0. The van der Waals surface area contributed by atoms with E-state index in [0.29, 0.717) is 6.04 Å². The summed E-state index contributed by atoms with van der Waals surface area (Å²) < 4.78 is 0. The monoisotopic (exact) mass is 188 g/mol. The summed E-state index contributed by atoms with van der Waals surface area (Å²) >= 11 is 0. The summed E-state index contributed by atoms with van der Waals surface area (Å²) in [6.45, 7) is 2.22. The number of rotatable bonds is 3. The predicted molar refractivity (Wildman–Crippen MR) is 59.4 cm³/mol.